The van der Waals surface area contributed by atoms with Crippen LogP contribution >= 0.6 is 0 Å². The van der Waals surface area contributed by atoms with E-state index in [0.717, 1.165) is 51.4 Å². The Balaban J connectivity index is 4.48. The lowest BCUT2D eigenvalue weighted by Crippen LogP contribution is -2.46. The lowest BCUT2D eigenvalue weighted by molar-refractivity contribution is -0.151. The van der Waals surface area contributed by atoms with E-state index < -0.39 is 18.2 Å². The van der Waals surface area contributed by atoms with Gasteiger partial charge in [0.25, 0.3) is 0 Å². The van der Waals surface area contributed by atoms with Crippen molar-refractivity contribution in [3.05, 3.63) is 12.2 Å². The predicted octanol–water partition coefficient (Wildman–Crippen LogP) is 18.1. The molecule has 0 fully saturated rings. The molecule has 0 spiro atoms. The molecule has 6 heteroatoms. The number of hydrogen-bond donors (Lipinski definition) is 3. The number of carbonyl (C=O) groups is 2. The molecule has 0 aromatic carbocycles. The highest BCUT2D eigenvalue weighted by Gasteiger charge is 2.24. The van der Waals surface area contributed by atoms with Crippen molar-refractivity contribution in [2.75, 3.05) is 6.61 Å². The minimum Gasteiger partial charge on any atom is -0.462 e. The first-order valence-electron chi connectivity index (χ1n) is 29.4. The molecular weight excluding hydrogens is 803 g/mol. The SMILES string of the molecule is CCCCCCCC/C=C/CCCCCCCCCC(CC(=O)NC(CO)C(O)CCCCCCCCCCCCCCCCCCC)OC(=O)CCCCCCCCCCCCCC. The van der Waals surface area contributed by atoms with Crippen LogP contribution in [0, 0.1) is 0 Å². The molecular formula is C59H115NO5. The summed E-state index contributed by atoms with van der Waals surface area (Å²) in [5.41, 5.74) is 0. The molecule has 0 saturated heterocycles. The fourth-order valence-electron chi connectivity index (χ4n) is 9.37. The topological polar surface area (TPSA) is 95.9 Å². The van der Waals surface area contributed by atoms with Crippen molar-refractivity contribution in [1.82, 2.24) is 5.32 Å². The maximum absolute atomic E-state index is 13.3. The Bertz CT molecular complexity index is 986. The summed E-state index contributed by atoms with van der Waals surface area (Å²) >= 11 is 0. The van der Waals surface area contributed by atoms with Crippen LogP contribution in [0.1, 0.15) is 329 Å². The molecule has 0 bridgehead atoms. The highest BCUT2D eigenvalue weighted by atomic mass is 16.5. The Morgan fingerprint density at radius 1 is 0.431 bits per heavy atom. The number of nitrogens with one attached hydrogen (secondary N) is 1. The van der Waals surface area contributed by atoms with Gasteiger partial charge in [-0.25, -0.2) is 0 Å². The van der Waals surface area contributed by atoms with Gasteiger partial charge in [-0.05, 0) is 51.4 Å². The third-order valence-electron chi connectivity index (χ3n) is 13.8. The van der Waals surface area contributed by atoms with E-state index >= 15 is 0 Å². The first-order valence-corrected chi connectivity index (χ1v) is 29.4. The summed E-state index contributed by atoms with van der Waals surface area (Å²) in [6.07, 6.45) is 61.3. The standard InChI is InChI=1S/C59H115NO5/c1-4-7-10-13-16-19-22-25-27-29-31-33-35-38-41-44-47-50-55(65-59(64)52-49-46-43-40-37-24-21-18-15-12-9-6-3)53-58(63)60-56(54-61)57(62)51-48-45-42-39-36-34-32-30-28-26-23-20-17-14-11-8-5-2/h25,27,55-57,61-62H,4-24,26,28-54H2,1-3H3,(H,60,63)/b27-25+. The minimum absolute atomic E-state index is 0.0822. The maximum atomic E-state index is 13.3. The molecule has 0 radical (unpaired) electrons. The van der Waals surface area contributed by atoms with Crippen molar-refractivity contribution in [3.63, 3.8) is 0 Å². The highest BCUT2D eigenvalue weighted by Crippen LogP contribution is 2.19. The monoisotopic (exact) mass is 918 g/mol. The van der Waals surface area contributed by atoms with Crippen molar-refractivity contribution in [3.8, 4) is 0 Å². The number of aliphatic hydroxyl groups is 2. The van der Waals surface area contributed by atoms with Crippen LogP contribution in [-0.2, 0) is 14.3 Å². The fraction of sp³-hybridized carbons (Fsp3) is 0.932. The number of rotatable bonds is 54. The Morgan fingerprint density at radius 2 is 0.738 bits per heavy atom. The van der Waals surface area contributed by atoms with Gasteiger partial charge < -0.3 is 20.3 Å². The second kappa shape index (κ2) is 53.6. The average Bonchev–Trinajstić information content (AvgIpc) is 3.30. The van der Waals surface area contributed by atoms with Crippen molar-refractivity contribution in [2.45, 2.75) is 347 Å². The number of hydrogen-bond acceptors (Lipinski definition) is 5. The minimum atomic E-state index is -0.784. The summed E-state index contributed by atoms with van der Waals surface area (Å²) in [5, 5.41) is 23.9. The number of amides is 1. The van der Waals surface area contributed by atoms with Gasteiger partial charge in [-0.1, -0.05) is 277 Å². The van der Waals surface area contributed by atoms with E-state index in [1.165, 1.54) is 231 Å². The third-order valence-corrected chi connectivity index (χ3v) is 13.8. The number of unbranched alkanes of at least 4 members (excludes halogenated alkanes) is 40. The van der Waals surface area contributed by atoms with Gasteiger partial charge in [0.1, 0.15) is 6.10 Å². The van der Waals surface area contributed by atoms with Gasteiger partial charge in [0.2, 0.25) is 5.91 Å². The maximum Gasteiger partial charge on any atom is 0.306 e. The number of allylic oxidation sites excluding steroid dienone is 2. The van der Waals surface area contributed by atoms with Crippen LogP contribution in [0.4, 0.5) is 0 Å². The van der Waals surface area contributed by atoms with Crippen LogP contribution in [0.25, 0.3) is 0 Å². The van der Waals surface area contributed by atoms with E-state index in [1.54, 1.807) is 0 Å². The van der Waals surface area contributed by atoms with Crippen LogP contribution < -0.4 is 5.32 Å². The Kier molecular flexibility index (Phi) is 52.4. The number of aliphatic hydroxyl groups excluding tert-OH is 2. The second-order valence-electron chi connectivity index (χ2n) is 20.4. The van der Waals surface area contributed by atoms with Gasteiger partial charge in [-0.2, -0.15) is 0 Å². The van der Waals surface area contributed by atoms with Crippen molar-refractivity contribution < 1.29 is 24.5 Å². The molecule has 65 heavy (non-hydrogen) atoms. The van der Waals surface area contributed by atoms with Gasteiger partial charge >= 0.3 is 5.97 Å². The zero-order valence-corrected chi connectivity index (χ0v) is 44.2. The molecule has 0 saturated carbocycles. The van der Waals surface area contributed by atoms with Gasteiger partial charge in [-0.15, -0.1) is 0 Å². The highest BCUT2D eigenvalue weighted by molar-refractivity contribution is 5.77. The first-order chi connectivity index (χ1) is 32.0. The van der Waals surface area contributed by atoms with Crippen molar-refractivity contribution in [2.24, 2.45) is 0 Å². The molecule has 1 amide bonds. The molecule has 0 aliphatic carbocycles. The lowest BCUT2D eigenvalue weighted by Gasteiger charge is -2.24. The third kappa shape index (κ3) is 48.9. The van der Waals surface area contributed by atoms with E-state index in [1.807, 2.05) is 0 Å². The quantitative estimate of drug-likeness (QED) is 0.0321. The number of esters is 1. The van der Waals surface area contributed by atoms with Crippen molar-refractivity contribution in [1.29, 1.82) is 0 Å². The van der Waals surface area contributed by atoms with E-state index in [4.69, 9.17) is 4.74 Å². The Hall–Kier alpha value is -1.40. The summed E-state index contributed by atoms with van der Waals surface area (Å²) in [4.78, 5) is 26.2. The normalized spacial score (nSPS) is 13.1. The molecule has 0 aliphatic heterocycles. The van der Waals surface area contributed by atoms with Gasteiger partial charge in [0.05, 0.1) is 25.2 Å². The van der Waals surface area contributed by atoms with Crippen molar-refractivity contribution >= 4 is 11.9 Å². The summed E-state index contributed by atoms with van der Waals surface area (Å²) < 4.78 is 5.96. The molecule has 3 atom stereocenters. The van der Waals surface area contributed by atoms with E-state index in [-0.39, 0.29) is 24.9 Å². The first kappa shape index (κ1) is 63.6. The lowest BCUT2D eigenvalue weighted by atomic mass is 10.0. The molecule has 0 rings (SSSR count). The number of carbonyl (C=O) groups excluding carboxylic acids is 2. The molecule has 0 heterocycles. The summed E-state index contributed by atoms with van der Waals surface area (Å²) in [6.45, 7) is 6.52. The van der Waals surface area contributed by atoms with Crippen LogP contribution in [0.2, 0.25) is 0 Å². The van der Waals surface area contributed by atoms with Crippen LogP contribution in [0.3, 0.4) is 0 Å². The Morgan fingerprint density at radius 3 is 1.09 bits per heavy atom. The fourth-order valence-corrected chi connectivity index (χ4v) is 9.37. The Labute approximate surface area is 406 Å². The molecule has 6 nitrogen and oxygen atoms in total. The van der Waals surface area contributed by atoms with Gasteiger partial charge in [0, 0.05) is 6.42 Å². The van der Waals surface area contributed by atoms with Crippen LogP contribution in [0.15, 0.2) is 12.2 Å². The summed E-state index contributed by atoms with van der Waals surface area (Å²) in [7, 11) is 0. The van der Waals surface area contributed by atoms with E-state index in [9.17, 15) is 19.8 Å². The zero-order valence-electron chi connectivity index (χ0n) is 44.2. The number of ether oxygens (including phenoxy) is 1. The van der Waals surface area contributed by atoms with Crippen LogP contribution in [-0.4, -0.2) is 46.9 Å². The molecule has 386 valence electrons. The molecule has 0 aliphatic rings. The summed E-state index contributed by atoms with van der Waals surface area (Å²) in [5.74, 6) is -0.455. The average molecular weight is 919 g/mol. The molecule has 0 aromatic rings. The van der Waals surface area contributed by atoms with Gasteiger partial charge in [0.15, 0.2) is 0 Å². The largest absolute Gasteiger partial charge is 0.462 e. The van der Waals surface area contributed by atoms with E-state index in [0.29, 0.717) is 19.3 Å². The molecule has 3 unspecified atom stereocenters. The molecule has 0 aromatic heterocycles. The van der Waals surface area contributed by atoms with Gasteiger partial charge in [-0.3, -0.25) is 9.59 Å². The predicted molar refractivity (Wildman–Crippen MR) is 283 cm³/mol. The smallest absolute Gasteiger partial charge is 0.306 e. The second-order valence-corrected chi connectivity index (χ2v) is 20.4. The zero-order chi connectivity index (χ0) is 47.4. The molecule has 3 N–H and O–H groups in total. The van der Waals surface area contributed by atoms with E-state index in [2.05, 4.69) is 38.2 Å². The van der Waals surface area contributed by atoms with Crippen LogP contribution in [0.5, 0.6) is 0 Å². The summed E-state index contributed by atoms with van der Waals surface area (Å²) in [6, 6.07) is -0.697.